The molecule has 3 rings (SSSR count). The molecule has 0 bridgehead atoms. The minimum absolute atomic E-state index is 0.486. The molecule has 0 unspecified atom stereocenters. The van der Waals surface area contributed by atoms with Crippen LogP contribution in [0.5, 0.6) is 5.75 Å². The van der Waals surface area contributed by atoms with Crippen LogP contribution in [0.25, 0.3) is 0 Å². The molecule has 1 aromatic carbocycles. The van der Waals surface area contributed by atoms with E-state index in [4.69, 9.17) is 4.74 Å². The first-order chi connectivity index (χ1) is 9.92. The van der Waals surface area contributed by atoms with Crippen molar-refractivity contribution in [2.45, 2.75) is 25.4 Å². The largest absolute Gasteiger partial charge is 0.486 e. The monoisotopic (exact) mass is 269 g/mol. The minimum atomic E-state index is 0.486. The first-order valence-electron chi connectivity index (χ1n) is 7.11. The van der Waals surface area contributed by atoms with Crippen molar-refractivity contribution in [3.63, 3.8) is 0 Å². The van der Waals surface area contributed by atoms with Crippen LogP contribution in [-0.4, -0.2) is 23.1 Å². The molecule has 0 radical (unpaired) electrons. The molecule has 104 valence electrons. The minimum Gasteiger partial charge on any atom is -0.486 e. The molecule has 2 heterocycles. The second-order valence-corrected chi connectivity index (χ2v) is 5.08. The number of aromatic nitrogens is 2. The summed E-state index contributed by atoms with van der Waals surface area (Å²) in [7, 11) is 0. The average molecular weight is 269 g/mol. The van der Waals surface area contributed by atoms with Gasteiger partial charge in [-0.2, -0.15) is 0 Å². The van der Waals surface area contributed by atoms with Crippen LogP contribution in [0.1, 0.15) is 30.1 Å². The zero-order chi connectivity index (χ0) is 13.6. The van der Waals surface area contributed by atoms with E-state index < -0.39 is 0 Å². The van der Waals surface area contributed by atoms with Gasteiger partial charge in [0, 0.05) is 5.92 Å². The average Bonchev–Trinajstić information content (AvgIpc) is 2.55. The molecular formula is C16H19N3O. The predicted molar refractivity (Wildman–Crippen MR) is 77.7 cm³/mol. The molecule has 0 spiro atoms. The standard InChI is InChI=1S/C16H19N3O/c1-2-4-13(5-3-1)12-20-15-10-18-16(19-11-15)14-6-8-17-9-7-14/h1-5,10-11,14,17H,6-9,12H2. The quantitative estimate of drug-likeness (QED) is 0.926. The second-order valence-electron chi connectivity index (χ2n) is 5.08. The fourth-order valence-electron chi connectivity index (χ4n) is 2.43. The summed E-state index contributed by atoms with van der Waals surface area (Å²) in [6, 6.07) is 10.1. The molecule has 2 aromatic rings. The smallest absolute Gasteiger partial charge is 0.156 e. The molecule has 4 nitrogen and oxygen atoms in total. The van der Waals surface area contributed by atoms with Crippen LogP contribution in [0.2, 0.25) is 0 Å². The summed E-state index contributed by atoms with van der Waals surface area (Å²) in [5, 5.41) is 3.35. The number of nitrogens with zero attached hydrogens (tertiary/aromatic N) is 2. The van der Waals surface area contributed by atoms with Crippen molar-refractivity contribution >= 4 is 0 Å². The number of hydrogen-bond donors (Lipinski definition) is 1. The Balaban J connectivity index is 1.58. The zero-order valence-corrected chi connectivity index (χ0v) is 11.5. The summed E-state index contributed by atoms with van der Waals surface area (Å²) in [5.74, 6) is 2.16. The molecule has 0 amide bonds. The van der Waals surface area contributed by atoms with Gasteiger partial charge in [-0.1, -0.05) is 30.3 Å². The van der Waals surface area contributed by atoms with Crippen LogP contribution in [0.4, 0.5) is 0 Å². The Bertz CT molecular complexity index is 521. The van der Waals surface area contributed by atoms with Crippen LogP contribution >= 0.6 is 0 Å². The first kappa shape index (κ1) is 13.1. The summed E-state index contributed by atoms with van der Waals surface area (Å²) in [5.41, 5.74) is 1.15. The fourth-order valence-corrected chi connectivity index (χ4v) is 2.43. The summed E-state index contributed by atoms with van der Waals surface area (Å²) in [6.07, 6.45) is 5.80. The van der Waals surface area contributed by atoms with E-state index in [2.05, 4.69) is 15.3 Å². The summed E-state index contributed by atoms with van der Waals surface area (Å²) < 4.78 is 5.70. The molecule has 1 saturated heterocycles. The summed E-state index contributed by atoms with van der Waals surface area (Å²) >= 11 is 0. The third-order valence-corrected chi connectivity index (χ3v) is 3.60. The van der Waals surface area contributed by atoms with E-state index in [9.17, 15) is 0 Å². The fraction of sp³-hybridized carbons (Fsp3) is 0.375. The molecule has 0 atom stereocenters. The lowest BCUT2D eigenvalue weighted by Crippen LogP contribution is -2.27. The highest BCUT2D eigenvalue weighted by Crippen LogP contribution is 2.22. The van der Waals surface area contributed by atoms with E-state index >= 15 is 0 Å². The van der Waals surface area contributed by atoms with Gasteiger partial charge in [-0.05, 0) is 31.5 Å². The lowest BCUT2D eigenvalue weighted by molar-refractivity contribution is 0.302. The number of piperidine rings is 1. The van der Waals surface area contributed by atoms with Crippen molar-refractivity contribution in [1.29, 1.82) is 0 Å². The first-order valence-corrected chi connectivity index (χ1v) is 7.11. The van der Waals surface area contributed by atoms with Gasteiger partial charge >= 0.3 is 0 Å². The van der Waals surface area contributed by atoms with E-state index in [0.717, 1.165) is 43.1 Å². The van der Waals surface area contributed by atoms with E-state index in [-0.39, 0.29) is 0 Å². The molecule has 0 aliphatic carbocycles. The van der Waals surface area contributed by atoms with Crippen molar-refractivity contribution in [3.05, 3.63) is 54.1 Å². The van der Waals surface area contributed by atoms with Gasteiger partial charge in [0.2, 0.25) is 0 Å². The third-order valence-electron chi connectivity index (χ3n) is 3.60. The van der Waals surface area contributed by atoms with Gasteiger partial charge in [-0.3, -0.25) is 0 Å². The lowest BCUT2D eigenvalue weighted by atomic mass is 9.97. The molecule has 1 aliphatic rings. The highest BCUT2D eigenvalue weighted by atomic mass is 16.5. The molecular weight excluding hydrogens is 250 g/mol. The topological polar surface area (TPSA) is 47.0 Å². The Hall–Kier alpha value is -1.94. The summed E-state index contributed by atoms with van der Waals surface area (Å²) in [6.45, 7) is 2.66. The van der Waals surface area contributed by atoms with Gasteiger partial charge in [0.05, 0.1) is 12.4 Å². The van der Waals surface area contributed by atoms with Gasteiger partial charge in [0.25, 0.3) is 0 Å². The normalized spacial score (nSPS) is 16.0. The van der Waals surface area contributed by atoms with Gasteiger partial charge in [0.1, 0.15) is 12.4 Å². The maximum absolute atomic E-state index is 5.70. The van der Waals surface area contributed by atoms with Gasteiger partial charge in [-0.15, -0.1) is 0 Å². The molecule has 0 saturated carbocycles. The summed E-state index contributed by atoms with van der Waals surface area (Å²) in [4.78, 5) is 8.90. The van der Waals surface area contributed by atoms with Crippen LogP contribution in [0.15, 0.2) is 42.7 Å². The van der Waals surface area contributed by atoms with Crippen molar-refractivity contribution in [3.8, 4) is 5.75 Å². The van der Waals surface area contributed by atoms with E-state index in [0.29, 0.717) is 12.5 Å². The maximum Gasteiger partial charge on any atom is 0.156 e. The third kappa shape index (κ3) is 3.33. The van der Waals surface area contributed by atoms with E-state index in [1.54, 1.807) is 12.4 Å². The maximum atomic E-state index is 5.70. The van der Waals surface area contributed by atoms with Gasteiger partial charge in [0.15, 0.2) is 5.75 Å². The number of ether oxygens (including phenoxy) is 1. The Morgan fingerprint density at radius 1 is 1.05 bits per heavy atom. The molecule has 1 aromatic heterocycles. The van der Waals surface area contributed by atoms with Crippen LogP contribution < -0.4 is 10.1 Å². The van der Waals surface area contributed by atoms with Crippen LogP contribution in [-0.2, 0) is 6.61 Å². The van der Waals surface area contributed by atoms with Gasteiger partial charge in [-0.25, -0.2) is 9.97 Å². The lowest BCUT2D eigenvalue weighted by Gasteiger charge is -2.21. The molecule has 4 heteroatoms. The van der Waals surface area contributed by atoms with Gasteiger partial charge < -0.3 is 10.1 Å². The van der Waals surface area contributed by atoms with Crippen molar-refractivity contribution in [2.75, 3.05) is 13.1 Å². The molecule has 1 aliphatic heterocycles. The molecule has 20 heavy (non-hydrogen) atoms. The van der Waals surface area contributed by atoms with E-state index in [1.165, 1.54) is 0 Å². The van der Waals surface area contributed by atoms with Crippen molar-refractivity contribution < 1.29 is 4.74 Å². The second kappa shape index (κ2) is 6.48. The van der Waals surface area contributed by atoms with Crippen LogP contribution in [0, 0.1) is 0 Å². The van der Waals surface area contributed by atoms with Crippen molar-refractivity contribution in [2.24, 2.45) is 0 Å². The van der Waals surface area contributed by atoms with Crippen molar-refractivity contribution in [1.82, 2.24) is 15.3 Å². The SMILES string of the molecule is c1ccc(COc2cnc(C3CCNCC3)nc2)cc1. The Labute approximate surface area is 119 Å². The number of nitrogens with one attached hydrogen (secondary N) is 1. The predicted octanol–water partition coefficient (Wildman–Crippen LogP) is 2.52. The Kier molecular flexibility index (Phi) is 4.23. The van der Waals surface area contributed by atoms with E-state index in [1.807, 2.05) is 30.3 Å². The highest BCUT2D eigenvalue weighted by Gasteiger charge is 2.17. The van der Waals surface area contributed by atoms with Crippen LogP contribution in [0.3, 0.4) is 0 Å². The highest BCUT2D eigenvalue weighted by molar-refractivity contribution is 5.17. The molecule has 1 fully saturated rings. The Morgan fingerprint density at radius 3 is 2.45 bits per heavy atom. The number of benzene rings is 1. The molecule has 1 N–H and O–H groups in total. The number of hydrogen-bond acceptors (Lipinski definition) is 4. The number of rotatable bonds is 4. The Morgan fingerprint density at radius 2 is 1.75 bits per heavy atom. The zero-order valence-electron chi connectivity index (χ0n) is 11.5.